The van der Waals surface area contributed by atoms with Crippen LogP contribution in [0.15, 0.2) is 40.2 Å². The van der Waals surface area contributed by atoms with Crippen LogP contribution in [0.4, 0.5) is 0 Å². The molecule has 0 saturated carbocycles. The Morgan fingerprint density at radius 2 is 1.35 bits per heavy atom. The zero-order valence-electron chi connectivity index (χ0n) is 25.5. The van der Waals surface area contributed by atoms with Gasteiger partial charge in [0.05, 0.1) is 23.5 Å². The number of hydrogen-bond acceptors (Lipinski definition) is 10. The summed E-state index contributed by atoms with van der Waals surface area (Å²) >= 11 is 0. The molecule has 0 saturated heterocycles. The summed E-state index contributed by atoms with van der Waals surface area (Å²) in [5.74, 6) is -4.54. The summed E-state index contributed by atoms with van der Waals surface area (Å²) in [6, 6.07) is 8.45. The van der Waals surface area contributed by atoms with E-state index in [-0.39, 0.29) is 18.3 Å². The van der Waals surface area contributed by atoms with E-state index in [2.05, 4.69) is 19.7 Å². The van der Waals surface area contributed by atoms with E-state index >= 15 is 0 Å². The Morgan fingerprint density at radius 1 is 0.884 bits per heavy atom. The average Bonchev–Trinajstić information content (AvgIpc) is 2.88. The maximum atomic E-state index is 12.8. The lowest BCUT2D eigenvalue weighted by Crippen LogP contribution is -2.52. The van der Waals surface area contributed by atoms with Crippen LogP contribution in [0.3, 0.4) is 0 Å². The fourth-order valence-corrected chi connectivity index (χ4v) is 4.83. The quantitative estimate of drug-likeness (QED) is 0.109. The molecule has 0 amide bonds. The van der Waals surface area contributed by atoms with Crippen LogP contribution in [-0.2, 0) is 24.2 Å². The molecule has 0 unspecified atom stereocenters. The number of carboxylic acids is 3. The van der Waals surface area contributed by atoms with Crippen molar-refractivity contribution in [2.45, 2.75) is 43.2 Å². The van der Waals surface area contributed by atoms with E-state index in [0.29, 0.717) is 23.9 Å². The maximum Gasteiger partial charge on any atom is 0.336 e. The molecule has 0 aromatic heterocycles. The summed E-state index contributed by atoms with van der Waals surface area (Å²) in [7, 11) is 4.56. The molecule has 43 heavy (non-hydrogen) atoms. The predicted octanol–water partition coefficient (Wildman–Crippen LogP) is 0.184. The number of sulfone groups is 1. The normalized spacial score (nSPS) is 12.0. The van der Waals surface area contributed by atoms with Crippen LogP contribution >= 0.6 is 0 Å². The Hall–Kier alpha value is -3.78. The third-order valence-electron chi connectivity index (χ3n) is 5.94. The van der Waals surface area contributed by atoms with Gasteiger partial charge < -0.3 is 40.0 Å². The summed E-state index contributed by atoms with van der Waals surface area (Å²) in [4.78, 5) is 43.0. The van der Waals surface area contributed by atoms with Crippen molar-refractivity contribution in [1.82, 2.24) is 19.6 Å². The zero-order valence-corrected chi connectivity index (χ0v) is 26.4. The molecule has 0 aliphatic carbocycles. The first-order valence-corrected chi connectivity index (χ1v) is 15.0. The van der Waals surface area contributed by atoms with E-state index in [9.17, 15) is 28.1 Å². The summed E-state index contributed by atoms with van der Waals surface area (Å²) in [6.45, 7) is 7.20. The number of aliphatic hydroxyl groups is 1. The highest BCUT2D eigenvalue weighted by Gasteiger charge is 2.40. The SMILES string of the molecule is CC(C)N(CCS(=O)(=O)c1ccccc1)C(=NC#N)N(CCN(C)C)CCN(C)C.O=C(O)CC(O)(CC(=O)O)C(=O)O. The molecular formula is C27H44N6O9S. The first-order chi connectivity index (χ1) is 19.9. The van der Waals surface area contributed by atoms with Gasteiger partial charge in [0.15, 0.2) is 15.4 Å². The molecule has 4 N–H and O–H groups in total. The average molecular weight is 629 g/mol. The lowest BCUT2D eigenvalue weighted by molar-refractivity contribution is -0.170. The minimum atomic E-state index is -3.43. The fraction of sp³-hybridized carbons (Fsp3) is 0.593. The van der Waals surface area contributed by atoms with Gasteiger partial charge in [0.2, 0.25) is 12.2 Å². The third-order valence-corrected chi connectivity index (χ3v) is 7.65. The van der Waals surface area contributed by atoms with Crippen LogP contribution in [0.5, 0.6) is 0 Å². The summed E-state index contributed by atoms with van der Waals surface area (Å²) in [6.07, 6.45) is -0.373. The van der Waals surface area contributed by atoms with E-state index in [1.54, 1.807) is 30.3 Å². The molecule has 0 radical (unpaired) electrons. The molecule has 0 aliphatic rings. The van der Waals surface area contributed by atoms with Gasteiger partial charge in [0, 0.05) is 38.8 Å². The number of guanidine groups is 1. The lowest BCUT2D eigenvalue weighted by Gasteiger charge is -2.37. The van der Waals surface area contributed by atoms with Gasteiger partial charge in [-0.05, 0) is 54.2 Å². The molecule has 242 valence electrons. The molecule has 1 aromatic rings. The van der Waals surface area contributed by atoms with E-state index in [1.807, 2.05) is 53.1 Å². The fourth-order valence-electron chi connectivity index (χ4n) is 3.58. The Labute approximate surface area is 253 Å². The molecule has 0 fully saturated rings. The van der Waals surface area contributed by atoms with E-state index in [0.717, 1.165) is 13.1 Å². The van der Waals surface area contributed by atoms with Gasteiger partial charge >= 0.3 is 17.9 Å². The van der Waals surface area contributed by atoms with Crippen LogP contribution in [0, 0.1) is 11.5 Å². The van der Waals surface area contributed by atoms with Gasteiger partial charge in [0.25, 0.3) is 0 Å². The van der Waals surface area contributed by atoms with Gasteiger partial charge in [0.1, 0.15) is 0 Å². The number of nitrogens with zero attached hydrogens (tertiary/aromatic N) is 6. The molecule has 0 spiro atoms. The van der Waals surface area contributed by atoms with Crippen molar-refractivity contribution < 1.29 is 43.2 Å². The van der Waals surface area contributed by atoms with Crippen LogP contribution in [-0.4, -0.2) is 151 Å². The number of benzene rings is 1. The molecule has 15 nitrogen and oxygen atoms in total. The van der Waals surface area contributed by atoms with Crippen LogP contribution < -0.4 is 0 Å². The second-order valence-electron chi connectivity index (χ2n) is 10.5. The molecule has 1 aromatic carbocycles. The van der Waals surface area contributed by atoms with E-state index < -0.39 is 46.2 Å². The van der Waals surface area contributed by atoms with Gasteiger partial charge in [-0.15, -0.1) is 4.99 Å². The van der Waals surface area contributed by atoms with Gasteiger partial charge in [-0.3, -0.25) is 9.59 Å². The largest absolute Gasteiger partial charge is 0.481 e. The van der Waals surface area contributed by atoms with E-state index in [1.165, 1.54) is 0 Å². The molecule has 0 heterocycles. The van der Waals surface area contributed by atoms with E-state index in [4.69, 9.17) is 20.4 Å². The molecule has 1 rings (SSSR count). The zero-order chi connectivity index (χ0) is 33.4. The van der Waals surface area contributed by atoms with Gasteiger partial charge in [-0.1, -0.05) is 18.2 Å². The summed E-state index contributed by atoms with van der Waals surface area (Å²) < 4.78 is 25.6. The summed E-state index contributed by atoms with van der Waals surface area (Å²) in [5.41, 5.74) is -2.74. The number of hydrogen-bond donors (Lipinski definition) is 4. The highest BCUT2D eigenvalue weighted by Crippen LogP contribution is 2.16. The summed E-state index contributed by atoms with van der Waals surface area (Å²) in [5, 5.41) is 43.2. The third kappa shape index (κ3) is 15.3. The first-order valence-electron chi connectivity index (χ1n) is 13.3. The monoisotopic (exact) mass is 628 g/mol. The minimum Gasteiger partial charge on any atom is -0.481 e. The molecule has 0 bridgehead atoms. The van der Waals surface area contributed by atoms with Gasteiger partial charge in [-0.25, -0.2) is 13.2 Å². The molecule has 0 atom stereocenters. The van der Waals surface area contributed by atoms with Crippen molar-refractivity contribution in [3.8, 4) is 6.19 Å². The Balaban J connectivity index is 0.00000114. The first kappa shape index (κ1) is 39.2. The number of carbonyl (C=O) groups is 3. The number of likely N-dealkylation sites (N-methyl/N-ethyl adjacent to an activating group) is 2. The minimum absolute atomic E-state index is 0.00992. The Bertz CT molecular complexity index is 1190. The topological polar surface area (TPSA) is 215 Å². The Morgan fingerprint density at radius 3 is 1.70 bits per heavy atom. The van der Waals surface area contributed by atoms with Crippen molar-refractivity contribution in [3.05, 3.63) is 30.3 Å². The van der Waals surface area contributed by atoms with Crippen molar-refractivity contribution in [3.63, 3.8) is 0 Å². The van der Waals surface area contributed by atoms with Crippen LogP contribution in [0.1, 0.15) is 26.7 Å². The van der Waals surface area contributed by atoms with Gasteiger partial charge in [-0.2, -0.15) is 5.26 Å². The molecular weight excluding hydrogens is 584 g/mol. The van der Waals surface area contributed by atoms with Crippen molar-refractivity contribution in [1.29, 1.82) is 5.26 Å². The number of aliphatic carboxylic acids is 3. The maximum absolute atomic E-state index is 12.8. The smallest absolute Gasteiger partial charge is 0.336 e. The van der Waals surface area contributed by atoms with Crippen LogP contribution in [0.2, 0.25) is 0 Å². The Kier molecular flexibility index (Phi) is 17.1. The number of carboxylic acid groups (broad SMARTS) is 3. The standard InChI is InChI=1S/C21H36N6O2S.C6H8O7/c1-19(2)27(16-17-30(28,29)20-10-8-7-9-11-20)21(23-18-22)26(14-12-24(3)4)15-13-25(5)6;7-3(8)1-6(13,5(11)12)2-4(9)10/h7-11,19H,12-17H2,1-6H3;13H,1-2H2,(H,7,8)(H,9,10)(H,11,12). The van der Waals surface area contributed by atoms with Crippen molar-refractivity contribution in [2.75, 3.05) is 66.7 Å². The second kappa shape index (κ2) is 18.7. The highest BCUT2D eigenvalue weighted by atomic mass is 32.2. The molecule has 16 heteroatoms. The predicted molar refractivity (Wildman–Crippen MR) is 159 cm³/mol. The van der Waals surface area contributed by atoms with Crippen molar-refractivity contribution >= 4 is 33.7 Å². The van der Waals surface area contributed by atoms with Crippen LogP contribution in [0.25, 0.3) is 0 Å². The van der Waals surface area contributed by atoms with Crippen molar-refractivity contribution in [2.24, 2.45) is 4.99 Å². The molecule has 0 aliphatic heterocycles. The number of rotatable bonds is 16. The second-order valence-corrected chi connectivity index (χ2v) is 12.6. The number of nitriles is 1. The lowest BCUT2D eigenvalue weighted by atomic mass is 9.96. The number of aliphatic imine (C=N–C) groups is 1. The highest BCUT2D eigenvalue weighted by molar-refractivity contribution is 7.91.